The summed E-state index contributed by atoms with van der Waals surface area (Å²) in [5.74, 6) is -0.806. The van der Waals surface area contributed by atoms with Gasteiger partial charge in [-0.1, -0.05) is 44.5 Å². The van der Waals surface area contributed by atoms with E-state index in [1.165, 1.54) is 16.7 Å². The van der Waals surface area contributed by atoms with E-state index >= 15 is 0 Å². The van der Waals surface area contributed by atoms with E-state index < -0.39 is 5.97 Å². The molecule has 0 atom stereocenters. The molecule has 0 spiro atoms. The van der Waals surface area contributed by atoms with Crippen LogP contribution in [0.3, 0.4) is 0 Å². The molecule has 0 aromatic heterocycles. The van der Waals surface area contributed by atoms with Crippen LogP contribution in [-0.4, -0.2) is 53.7 Å². The van der Waals surface area contributed by atoms with Crippen molar-refractivity contribution >= 4 is 12.0 Å². The van der Waals surface area contributed by atoms with Gasteiger partial charge in [0.2, 0.25) is 0 Å². The van der Waals surface area contributed by atoms with Gasteiger partial charge in [0.25, 0.3) is 0 Å². The highest BCUT2D eigenvalue weighted by molar-refractivity contribution is 5.74. The van der Waals surface area contributed by atoms with Crippen molar-refractivity contribution in [3.8, 4) is 0 Å². The quantitative estimate of drug-likeness (QED) is 0.653. The molecule has 1 aromatic carbocycles. The van der Waals surface area contributed by atoms with Gasteiger partial charge in [-0.2, -0.15) is 0 Å². The van der Waals surface area contributed by atoms with Crippen LogP contribution in [0.2, 0.25) is 0 Å². The van der Waals surface area contributed by atoms with Gasteiger partial charge >= 0.3 is 12.0 Å². The van der Waals surface area contributed by atoms with Crippen molar-refractivity contribution in [2.24, 2.45) is 0 Å². The molecule has 0 bridgehead atoms. The van der Waals surface area contributed by atoms with Crippen molar-refractivity contribution in [3.05, 3.63) is 34.9 Å². The Balaban J connectivity index is 1.79. The molecule has 150 valence electrons. The first-order chi connectivity index (χ1) is 12.6. The molecule has 0 aliphatic heterocycles. The summed E-state index contributed by atoms with van der Waals surface area (Å²) in [4.78, 5) is 25.1. The third-order valence-electron chi connectivity index (χ3n) is 5.51. The van der Waals surface area contributed by atoms with Gasteiger partial charge in [-0.15, -0.1) is 0 Å². The summed E-state index contributed by atoms with van der Waals surface area (Å²) >= 11 is 0. The topological polar surface area (TPSA) is 81.7 Å². The molecule has 1 fully saturated rings. The van der Waals surface area contributed by atoms with E-state index in [1.807, 2.05) is 11.8 Å². The van der Waals surface area contributed by atoms with Gasteiger partial charge in [0, 0.05) is 24.0 Å². The normalized spacial score (nSPS) is 19.5. The molecule has 3 N–H and O–H groups in total. The van der Waals surface area contributed by atoms with Gasteiger partial charge < -0.3 is 15.7 Å². The fourth-order valence-electron chi connectivity index (χ4n) is 3.88. The monoisotopic (exact) mass is 375 g/mol. The number of hydrogen-bond acceptors (Lipinski definition) is 3. The number of nitrogens with one attached hydrogen (secondary N) is 2. The molecule has 27 heavy (non-hydrogen) atoms. The molecule has 6 nitrogen and oxygen atoms in total. The molecule has 0 saturated heterocycles. The standard InChI is InChI=1S/C21H33N3O3/c1-6-24(12-19(25)26)17-10-16(11-17)23-20(27)22-13-21(4,5)18-8-7-14(2)9-15(18)3/h7-9,16-17H,6,10-13H2,1-5H3,(H,25,26)(H2,22,23,27). The smallest absolute Gasteiger partial charge is 0.317 e. The van der Waals surface area contributed by atoms with Crippen LogP contribution in [0, 0.1) is 13.8 Å². The first-order valence-corrected chi connectivity index (χ1v) is 9.70. The van der Waals surface area contributed by atoms with Crippen LogP contribution < -0.4 is 10.6 Å². The number of urea groups is 1. The van der Waals surface area contributed by atoms with Crippen LogP contribution in [-0.2, 0) is 10.2 Å². The summed E-state index contributed by atoms with van der Waals surface area (Å²) in [6.07, 6.45) is 1.60. The molecule has 1 aliphatic carbocycles. The van der Waals surface area contributed by atoms with Crippen LogP contribution in [0.25, 0.3) is 0 Å². The first-order valence-electron chi connectivity index (χ1n) is 9.70. The van der Waals surface area contributed by atoms with Crippen molar-refractivity contribution < 1.29 is 14.7 Å². The number of carbonyl (C=O) groups excluding carboxylic acids is 1. The molecule has 2 amide bonds. The zero-order chi connectivity index (χ0) is 20.2. The number of carbonyl (C=O) groups is 2. The van der Waals surface area contributed by atoms with Crippen LogP contribution in [0.1, 0.15) is 50.3 Å². The molecule has 0 unspecified atom stereocenters. The van der Waals surface area contributed by atoms with Gasteiger partial charge in [-0.25, -0.2) is 4.79 Å². The summed E-state index contributed by atoms with van der Waals surface area (Å²) < 4.78 is 0. The number of hydrogen-bond donors (Lipinski definition) is 3. The Morgan fingerprint density at radius 1 is 1.26 bits per heavy atom. The summed E-state index contributed by atoms with van der Waals surface area (Å²) in [7, 11) is 0. The Morgan fingerprint density at radius 2 is 1.93 bits per heavy atom. The second kappa shape index (κ2) is 8.74. The fourth-order valence-corrected chi connectivity index (χ4v) is 3.88. The lowest BCUT2D eigenvalue weighted by molar-refractivity contribution is -0.139. The molecule has 1 aliphatic rings. The van der Waals surface area contributed by atoms with Gasteiger partial charge in [0.15, 0.2) is 0 Å². The number of likely N-dealkylation sites (N-methyl/N-ethyl adjacent to an activating group) is 1. The second-order valence-corrected chi connectivity index (χ2v) is 8.31. The molecule has 0 radical (unpaired) electrons. The number of aliphatic carboxylic acids is 1. The molecule has 1 aromatic rings. The summed E-state index contributed by atoms with van der Waals surface area (Å²) in [5.41, 5.74) is 3.56. The van der Waals surface area contributed by atoms with Gasteiger partial charge in [0.1, 0.15) is 0 Å². The number of carboxylic acid groups (broad SMARTS) is 1. The SMILES string of the molecule is CCN(CC(=O)O)C1CC(NC(=O)NCC(C)(C)c2ccc(C)cc2C)C1. The summed E-state index contributed by atoms with van der Waals surface area (Å²) in [6, 6.07) is 6.61. The van der Waals surface area contributed by atoms with Crippen molar-refractivity contribution in [1.82, 2.24) is 15.5 Å². The van der Waals surface area contributed by atoms with E-state index in [0.717, 1.165) is 12.8 Å². The molecule has 1 saturated carbocycles. The van der Waals surface area contributed by atoms with Crippen LogP contribution in [0.4, 0.5) is 4.79 Å². The Kier molecular flexibility index (Phi) is 6.87. The van der Waals surface area contributed by atoms with E-state index in [9.17, 15) is 9.59 Å². The second-order valence-electron chi connectivity index (χ2n) is 8.31. The largest absolute Gasteiger partial charge is 0.480 e. The van der Waals surface area contributed by atoms with Crippen LogP contribution in [0.15, 0.2) is 18.2 Å². The highest BCUT2D eigenvalue weighted by atomic mass is 16.4. The minimum atomic E-state index is -0.806. The maximum atomic E-state index is 12.3. The third kappa shape index (κ3) is 5.70. The highest BCUT2D eigenvalue weighted by Gasteiger charge is 2.35. The number of carboxylic acids is 1. The number of benzene rings is 1. The van der Waals surface area contributed by atoms with Crippen molar-refractivity contribution in [3.63, 3.8) is 0 Å². The maximum absolute atomic E-state index is 12.3. The molecule has 6 heteroatoms. The van der Waals surface area contributed by atoms with Crippen molar-refractivity contribution in [1.29, 1.82) is 0 Å². The van der Waals surface area contributed by atoms with E-state index in [-0.39, 0.29) is 30.1 Å². The highest BCUT2D eigenvalue weighted by Crippen LogP contribution is 2.27. The van der Waals surface area contributed by atoms with Gasteiger partial charge in [-0.3, -0.25) is 9.69 Å². The van der Waals surface area contributed by atoms with Crippen molar-refractivity contribution in [2.45, 2.75) is 65.0 Å². The van der Waals surface area contributed by atoms with E-state index in [4.69, 9.17) is 5.11 Å². The van der Waals surface area contributed by atoms with E-state index in [2.05, 4.69) is 56.5 Å². The third-order valence-corrected chi connectivity index (χ3v) is 5.51. The summed E-state index contributed by atoms with van der Waals surface area (Å²) in [5, 5.41) is 14.9. The molecule has 0 heterocycles. The Hall–Kier alpha value is -2.08. The Morgan fingerprint density at radius 3 is 2.48 bits per heavy atom. The molecule has 2 rings (SSSR count). The lowest BCUT2D eigenvalue weighted by Crippen LogP contribution is -2.56. The zero-order valence-corrected chi connectivity index (χ0v) is 17.1. The number of nitrogens with zero attached hydrogens (tertiary/aromatic N) is 1. The fraction of sp³-hybridized carbons (Fsp3) is 0.619. The maximum Gasteiger partial charge on any atom is 0.317 e. The van der Waals surface area contributed by atoms with Crippen LogP contribution >= 0.6 is 0 Å². The Labute approximate surface area is 162 Å². The van der Waals surface area contributed by atoms with Gasteiger partial charge in [-0.05, 0) is 44.4 Å². The number of rotatable bonds is 8. The van der Waals surface area contributed by atoms with E-state index in [0.29, 0.717) is 13.1 Å². The predicted molar refractivity (Wildman–Crippen MR) is 107 cm³/mol. The minimum absolute atomic E-state index is 0.0597. The van der Waals surface area contributed by atoms with E-state index in [1.54, 1.807) is 0 Å². The summed E-state index contributed by atoms with van der Waals surface area (Å²) in [6.45, 7) is 11.7. The average molecular weight is 376 g/mol. The molecular formula is C21H33N3O3. The Bertz CT molecular complexity index is 681. The predicted octanol–water partition coefficient (Wildman–Crippen LogP) is 2.82. The minimum Gasteiger partial charge on any atom is -0.480 e. The van der Waals surface area contributed by atoms with Gasteiger partial charge in [0.05, 0.1) is 6.54 Å². The van der Waals surface area contributed by atoms with Crippen LogP contribution in [0.5, 0.6) is 0 Å². The zero-order valence-electron chi connectivity index (χ0n) is 17.1. The lowest BCUT2D eigenvalue weighted by atomic mass is 9.81. The number of aryl methyl sites for hydroxylation is 2. The number of amides is 2. The van der Waals surface area contributed by atoms with Crippen molar-refractivity contribution in [2.75, 3.05) is 19.6 Å². The average Bonchev–Trinajstić information content (AvgIpc) is 2.53. The molecular weight excluding hydrogens is 342 g/mol. The first kappa shape index (κ1) is 21.2. The lowest BCUT2D eigenvalue weighted by Gasteiger charge is -2.42.